The molecule has 2 rings (SSSR count). The molecule has 0 aliphatic rings. The lowest BCUT2D eigenvalue weighted by atomic mass is 10.2. The van der Waals surface area contributed by atoms with E-state index in [2.05, 4.69) is 20.9 Å². The lowest BCUT2D eigenvalue weighted by Gasteiger charge is -1.99. The van der Waals surface area contributed by atoms with E-state index in [1.807, 2.05) is 6.07 Å². The van der Waals surface area contributed by atoms with E-state index in [1.165, 1.54) is 12.4 Å². The van der Waals surface area contributed by atoms with Crippen LogP contribution < -0.4 is 0 Å². The van der Waals surface area contributed by atoms with E-state index in [9.17, 15) is 0 Å². The van der Waals surface area contributed by atoms with Gasteiger partial charge >= 0.3 is 0 Å². The van der Waals surface area contributed by atoms with Crippen LogP contribution in [0.15, 0.2) is 16.9 Å². The molecule has 0 saturated heterocycles. The molecule has 14 heavy (non-hydrogen) atoms. The first kappa shape index (κ1) is 6.44. The number of rotatable bonds is 0. The Labute approximate surface area is 98.3 Å². The van der Waals surface area contributed by atoms with Gasteiger partial charge in [-0.2, -0.15) is 5.26 Å². The third-order valence-electron chi connectivity index (χ3n) is 1.85. The van der Waals surface area contributed by atoms with E-state index in [4.69, 9.17) is 21.0 Å². The minimum atomic E-state index is -2.37. The molecule has 0 N–H and O–H groups in total. The van der Waals surface area contributed by atoms with Gasteiger partial charge in [0.1, 0.15) is 11.2 Å². The van der Waals surface area contributed by atoms with Gasteiger partial charge in [0.2, 0.25) is 0 Å². The Kier molecular flexibility index (Phi) is 1.50. The molecule has 0 amide bonds. The van der Waals surface area contributed by atoms with Gasteiger partial charge in [0.15, 0.2) is 0 Å². The summed E-state index contributed by atoms with van der Waals surface area (Å²) in [6, 6.07) is 1.91. The number of hydrogen-bond acceptors (Lipinski definition) is 2. The van der Waals surface area contributed by atoms with Gasteiger partial charge in [0.05, 0.1) is 16.5 Å². The number of pyridine rings is 1. The van der Waals surface area contributed by atoms with E-state index in [-0.39, 0.29) is 16.2 Å². The van der Waals surface area contributed by atoms with E-state index in [0.717, 1.165) is 4.57 Å². The standard InChI is InChI=1S/C9H5BrClN3/c1-14-4-6(10)7-8(14)5(2-12)3-13-9(7)11/h3-4H,1H3/i1D3. The van der Waals surface area contributed by atoms with Crippen molar-refractivity contribution in [3.8, 4) is 6.07 Å². The fourth-order valence-corrected chi connectivity index (χ4v) is 2.20. The van der Waals surface area contributed by atoms with Crippen molar-refractivity contribution < 1.29 is 4.11 Å². The zero-order valence-electron chi connectivity index (χ0n) is 9.75. The van der Waals surface area contributed by atoms with Crippen molar-refractivity contribution in [2.24, 2.45) is 6.98 Å². The van der Waals surface area contributed by atoms with Crippen molar-refractivity contribution in [2.45, 2.75) is 0 Å². The van der Waals surface area contributed by atoms with E-state index in [0.29, 0.717) is 9.86 Å². The number of aromatic nitrogens is 2. The Bertz CT molecular complexity index is 641. The second kappa shape index (κ2) is 3.26. The van der Waals surface area contributed by atoms with Crippen molar-refractivity contribution >= 4 is 38.4 Å². The predicted molar refractivity (Wildman–Crippen MR) is 58.1 cm³/mol. The number of aryl methyl sites for hydroxylation is 1. The molecule has 0 bridgehead atoms. The lowest BCUT2D eigenvalue weighted by molar-refractivity contribution is 0.963. The molecular formula is C9H5BrClN3. The summed E-state index contributed by atoms with van der Waals surface area (Å²) >= 11 is 9.13. The molecule has 0 aromatic carbocycles. The van der Waals surface area contributed by atoms with Crippen LogP contribution in [0.1, 0.15) is 9.68 Å². The second-order valence-corrected chi connectivity index (χ2v) is 3.86. The van der Waals surface area contributed by atoms with Gasteiger partial charge < -0.3 is 4.57 Å². The SMILES string of the molecule is [2H]C([2H])([2H])n1cc(Br)c2c(Cl)ncc(C#N)c21. The summed E-state index contributed by atoms with van der Waals surface area (Å²) in [5, 5.41) is 9.57. The third kappa shape index (κ3) is 1.21. The van der Waals surface area contributed by atoms with Crippen molar-refractivity contribution in [2.75, 3.05) is 0 Å². The highest BCUT2D eigenvalue weighted by atomic mass is 79.9. The van der Waals surface area contributed by atoms with Crippen molar-refractivity contribution in [1.82, 2.24) is 9.55 Å². The summed E-state index contributed by atoms with van der Waals surface area (Å²) in [5.74, 6) is 0. The fourth-order valence-electron chi connectivity index (χ4n) is 1.27. The highest BCUT2D eigenvalue weighted by Gasteiger charge is 2.12. The summed E-state index contributed by atoms with van der Waals surface area (Å²) in [6.07, 6.45) is 2.64. The normalized spacial score (nSPS) is 14.5. The minimum Gasteiger partial charge on any atom is -0.348 e. The van der Waals surface area contributed by atoms with Crippen LogP contribution in [0.3, 0.4) is 0 Å². The van der Waals surface area contributed by atoms with Crippen LogP contribution in [0.25, 0.3) is 10.9 Å². The molecule has 2 heterocycles. The van der Waals surface area contributed by atoms with E-state index in [1.54, 1.807) is 0 Å². The minimum absolute atomic E-state index is 0.161. The Hall–Kier alpha value is -1.05. The predicted octanol–water partition coefficient (Wildman–Crippen LogP) is 2.86. The molecule has 0 unspecified atom stereocenters. The fraction of sp³-hybridized carbons (Fsp3) is 0.111. The maximum atomic E-state index is 8.98. The van der Waals surface area contributed by atoms with Gasteiger partial charge in [-0.15, -0.1) is 0 Å². The molecule has 0 spiro atoms. The summed E-state index contributed by atoms with van der Waals surface area (Å²) in [7, 11) is 0. The van der Waals surface area contributed by atoms with Crippen LogP contribution in [0.4, 0.5) is 0 Å². The van der Waals surface area contributed by atoms with E-state index >= 15 is 0 Å². The average Bonchev–Trinajstić information content (AvgIpc) is 2.58. The van der Waals surface area contributed by atoms with E-state index < -0.39 is 6.98 Å². The first-order valence-electron chi connectivity index (χ1n) is 5.12. The maximum Gasteiger partial charge on any atom is 0.139 e. The van der Waals surface area contributed by atoms with Crippen LogP contribution in [0, 0.1) is 11.3 Å². The summed E-state index contributed by atoms with van der Waals surface area (Å²) in [6.45, 7) is -2.37. The molecule has 3 nitrogen and oxygen atoms in total. The molecule has 0 aliphatic carbocycles. The molecule has 2 aromatic heterocycles. The molecule has 2 aromatic rings. The Balaban J connectivity index is 2.99. The third-order valence-corrected chi connectivity index (χ3v) is 2.74. The van der Waals surface area contributed by atoms with Crippen molar-refractivity contribution in [3.05, 3.63) is 27.6 Å². The molecule has 5 heteroatoms. The number of fused-ring (bicyclic) bond motifs is 1. The van der Waals surface area contributed by atoms with Gasteiger partial charge in [-0.3, -0.25) is 0 Å². The lowest BCUT2D eigenvalue weighted by Crippen LogP contribution is -1.89. The molecule has 0 atom stereocenters. The first-order chi connectivity index (χ1) is 7.86. The molecule has 0 aliphatic heterocycles. The monoisotopic (exact) mass is 272 g/mol. The summed E-state index contributed by atoms with van der Waals surface area (Å²) < 4.78 is 23.8. The maximum absolute atomic E-state index is 8.98. The molecular weight excluding hydrogens is 265 g/mol. The smallest absolute Gasteiger partial charge is 0.139 e. The Morgan fingerprint density at radius 3 is 3.21 bits per heavy atom. The van der Waals surface area contributed by atoms with Crippen molar-refractivity contribution in [1.29, 1.82) is 5.26 Å². The number of halogens is 2. The van der Waals surface area contributed by atoms with Gasteiger partial charge in [-0.1, -0.05) is 11.6 Å². The zero-order chi connectivity index (χ0) is 12.8. The number of nitrogens with zero attached hydrogens (tertiary/aromatic N) is 3. The zero-order valence-corrected chi connectivity index (χ0v) is 9.09. The van der Waals surface area contributed by atoms with Crippen LogP contribution in [0.2, 0.25) is 5.15 Å². The van der Waals surface area contributed by atoms with Gasteiger partial charge in [-0.25, -0.2) is 4.98 Å². The Morgan fingerprint density at radius 1 is 1.79 bits per heavy atom. The van der Waals surface area contributed by atoms with Gasteiger partial charge in [-0.05, 0) is 15.9 Å². The summed E-state index contributed by atoms with van der Waals surface area (Å²) in [5.41, 5.74) is 0.436. The van der Waals surface area contributed by atoms with Crippen LogP contribution in [-0.2, 0) is 6.98 Å². The quantitative estimate of drug-likeness (QED) is 0.693. The van der Waals surface area contributed by atoms with Crippen LogP contribution in [-0.4, -0.2) is 9.55 Å². The molecule has 0 saturated carbocycles. The van der Waals surface area contributed by atoms with Crippen LogP contribution >= 0.6 is 27.5 Å². The molecule has 0 fully saturated rings. The van der Waals surface area contributed by atoms with Gasteiger partial charge in [0.25, 0.3) is 0 Å². The van der Waals surface area contributed by atoms with Crippen molar-refractivity contribution in [3.63, 3.8) is 0 Å². The largest absolute Gasteiger partial charge is 0.348 e. The topological polar surface area (TPSA) is 41.6 Å². The second-order valence-electron chi connectivity index (χ2n) is 2.65. The average molecular weight is 274 g/mol. The highest BCUT2D eigenvalue weighted by molar-refractivity contribution is 9.10. The number of hydrogen-bond donors (Lipinski definition) is 0. The van der Waals surface area contributed by atoms with Crippen LogP contribution in [0.5, 0.6) is 0 Å². The van der Waals surface area contributed by atoms with Gasteiger partial charge in [0, 0.05) is 28.0 Å². The summed E-state index contributed by atoms with van der Waals surface area (Å²) in [4.78, 5) is 3.85. The first-order valence-corrected chi connectivity index (χ1v) is 4.79. The molecule has 70 valence electrons. The molecule has 0 radical (unpaired) electrons. The number of nitriles is 1. The Morgan fingerprint density at radius 2 is 2.57 bits per heavy atom. The highest BCUT2D eigenvalue weighted by Crippen LogP contribution is 2.32.